The molecule has 1 N–H and O–H groups in total. The molecule has 4 aromatic rings. The van der Waals surface area contributed by atoms with Gasteiger partial charge in [0.1, 0.15) is 21.9 Å². The van der Waals surface area contributed by atoms with Gasteiger partial charge in [-0.25, -0.2) is 14.2 Å². The molecule has 0 saturated heterocycles. The number of thioether (sulfide) groups is 1. The van der Waals surface area contributed by atoms with Gasteiger partial charge in [0.25, 0.3) is 0 Å². The highest BCUT2D eigenvalue weighted by Gasteiger charge is 2.21. The van der Waals surface area contributed by atoms with E-state index in [4.69, 9.17) is 4.74 Å². The zero-order valence-electron chi connectivity index (χ0n) is 15.3. The van der Waals surface area contributed by atoms with Crippen LogP contribution < -0.4 is 5.32 Å². The molecule has 0 spiro atoms. The first-order chi connectivity index (χ1) is 14.0. The fraction of sp³-hybridized carbons (Fsp3) is 0.167. The van der Waals surface area contributed by atoms with Gasteiger partial charge in [0.2, 0.25) is 5.91 Å². The number of nitrogens with zero attached hydrogens (tertiary/aromatic N) is 4. The molecule has 0 saturated carbocycles. The van der Waals surface area contributed by atoms with E-state index in [1.807, 2.05) is 6.92 Å². The average molecular weight is 431 g/mol. The van der Waals surface area contributed by atoms with Crippen molar-refractivity contribution in [2.75, 3.05) is 18.2 Å². The molecule has 0 bridgehead atoms. The number of hydrogen-bond donors (Lipinski definition) is 1. The molecule has 4 rings (SSSR count). The molecule has 0 fully saturated rings. The maximum absolute atomic E-state index is 12.9. The zero-order chi connectivity index (χ0) is 20.5. The second-order valence-corrected chi connectivity index (χ2v) is 7.93. The molecule has 1 amide bonds. The van der Waals surface area contributed by atoms with Crippen LogP contribution in [0.15, 0.2) is 35.7 Å². The van der Waals surface area contributed by atoms with E-state index >= 15 is 0 Å². The lowest BCUT2D eigenvalue weighted by Gasteiger charge is -2.04. The maximum Gasteiger partial charge on any atom is 0.348 e. The fourth-order valence-electron chi connectivity index (χ4n) is 2.76. The molecule has 8 nitrogen and oxygen atoms in total. The molecule has 3 heterocycles. The minimum atomic E-state index is -0.421. The minimum Gasteiger partial charge on any atom is -0.465 e. The lowest BCUT2D eigenvalue weighted by molar-refractivity contribution is -0.113. The Labute approximate surface area is 172 Å². The molecule has 148 valence electrons. The summed E-state index contributed by atoms with van der Waals surface area (Å²) in [7, 11) is 1.33. The number of thiophene rings is 1. The van der Waals surface area contributed by atoms with Crippen molar-refractivity contribution in [3.8, 4) is 0 Å². The Morgan fingerprint density at radius 3 is 2.76 bits per heavy atom. The van der Waals surface area contributed by atoms with E-state index in [0.29, 0.717) is 26.2 Å². The van der Waals surface area contributed by atoms with Crippen molar-refractivity contribution in [3.05, 3.63) is 46.9 Å². The second kappa shape index (κ2) is 7.76. The van der Waals surface area contributed by atoms with Crippen molar-refractivity contribution in [1.82, 2.24) is 19.6 Å². The van der Waals surface area contributed by atoms with Crippen molar-refractivity contribution >= 4 is 56.5 Å². The van der Waals surface area contributed by atoms with E-state index in [2.05, 4.69) is 20.5 Å². The highest BCUT2D eigenvalue weighted by Crippen LogP contribution is 2.33. The predicted octanol–water partition coefficient (Wildman–Crippen LogP) is 3.30. The Bertz CT molecular complexity index is 1240. The Morgan fingerprint density at radius 2 is 2.03 bits per heavy atom. The van der Waals surface area contributed by atoms with Gasteiger partial charge in [0.15, 0.2) is 10.8 Å². The summed E-state index contributed by atoms with van der Waals surface area (Å²) >= 11 is 2.43. The molecular weight excluding hydrogens is 417 g/mol. The predicted molar refractivity (Wildman–Crippen MR) is 108 cm³/mol. The highest BCUT2D eigenvalue weighted by molar-refractivity contribution is 7.99. The standard InChI is InChI=1S/C18H14FN5O3S2/c1-9-13-15-22-23-18(24(15)8-20-16(13)29-14(9)17(26)27-2)28-7-12(25)21-11-5-3-10(19)4-6-11/h3-6,8H,7H2,1-2H3,(H,21,25). The summed E-state index contributed by atoms with van der Waals surface area (Å²) in [5.41, 5.74) is 1.80. The number of methoxy groups -OCH3 is 1. The fourth-order valence-corrected chi connectivity index (χ4v) is 4.53. The molecule has 0 aliphatic rings. The Morgan fingerprint density at radius 1 is 1.28 bits per heavy atom. The van der Waals surface area contributed by atoms with E-state index in [1.165, 1.54) is 54.5 Å². The summed E-state index contributed by atoms with van der Waals surface area (Å²) in [6.07, 6.45) is 1.56. The molecule has 1 aromatic carbocycles. The number of carbonyl (C=O) groups excluding carboxylic acids is 2. The lowest BCUT2D eigenvalue weighted by atomic mass is 10.2. The van der Waals surface area contributed by atoms with Crippen LogP contribution in [0.25, 0.3) is 15.9 Å². The topological polar surface area (TPSA) is 98.5 Å². The minimum absolute atomic E-state index is 0.0895. The number of aromatic nitrogens is 4. The van der Waals surface area contributed by atoms with Crippen LogP contribution in [-0.4, -0.2) is 44.3 Å². The molecule has 11 heteroatoms. The molecule has 0 unspecified atom stereocenters. The average Bonchev–Trinajstić information content (AvgIpc) is 3.28. The molecule has 0 atom stereocenters. The van der Waals surface area contributed by atoms with Crippen LogP contribution >= 0.6 is 23.1 Å². The summed E-state index contributed by atoms with van der Waals surface area (Å²) in [6.45, 7) is 1.81. The molecule has 0 aliphatic heterocycles. The van der Waals surface area contributed by atoms with Crippen LogP contribution in [0, 0.1) is 12.7 Å². The monoisotopic (exact) mass is 431 g/mol. The number of carbonyl (C=O) groups is 2. The van der Waals surface area contributed by atoms with E-state index in [0.717, 1.165) is 10.9 Å². The van der Waals surface area contributed by atoms with Gasteiger partial charge in [-0.1, -0.05) is 11.8 Å². The summed E-state index contributed by atoms with van der Waals surface area (Å²) in [5, 5.41) is 12.3. The van der Waals surface area contributed by atoms with Crippen molar-refractivity contribution in [2.24, 2.45) is 0 Å². The number of ether oxygens (including phenoxy) is 1. The van der Waals surface area contributed by atoms with Gasteiger partial charge in [-0.05, 0) is 36.8 Å². The summed E-state index contributed by atoms with van der Waals surface area (Å²) in [4.78, 5) is 29.6. The van der Waals surface area contributed by atoms with Gasteiger partial charge in [0.05, 0.1) is 18.2 Å². The third kappa shape index (κ3) is 3.66. The van der Waals surface area contributed by atoms with Crippen molar-refractivity contribution < 1.29 is 18.7 Å². The number of nitrogens with one attached hydrogen (secondary N) is 1. The van der Waals surface area contributed by atoms with Crippen LogP contribution in [0.1, 0.15) is 15.2 Å². The van der Waals surface area contributed by atoms with E-state index < -0.39 is 5.97 Å². The van der Waals surface area contributed by atoms with Crippen LogP contribution in [0.4, 0.5) is 10.1 Å². The largest absolute Gasteiger partial charge is 0.465 e. The van der Waals surface area contributed by atoms with Crippen LogP contribution in [0.3, 0.4) is 0 Å². The third-order valence-corrected chi connectivity index (χ3v) is 6.26. The van der Waals surface area contributed by atoms with Crippen molar-refractivity contribution in [3.63, 3.8) is 0 Å². The van der Waals surface area contributed by atoms with E-state index in [-0.39, 0.29) is 17.5 Å². The summed E-state index contributed by atoms with van der Waals surface area (Å²) in [5.74, 6) is -0.959. The Balaban J connectivity index is 1.56. The third-order valence-electron chi connectivity index (χ3n) is 4.14. The molecular formula is C18H14FN5O3S2. The first-order valence-corrected chi connectivity index (χ1v) is 10.2. The number of esters is 1. The smallest absolute Gasteiger partial charge is 0.348 e. The van der Waals surface area contributed by atoms with E-state index in [9.17, 15) is 14.0 Å². The van der Waals surface area contributed by atoms with Crippen molar-refractivity contribution in [1.29, 1.82) is 0 Å². The molecule has 0 aliphatic carbocycles. The van der Waals surface area contributed by atoms with E-state index in [1.54, 1.807) is 10.7 Å². The second-order valence-electron chi connectivity index (χ2n) is 5.99. The SMILES string of the molecule is COC(=O)c1sc2ncn3c(SCC(=O)Nc4ccc(F)cc4)nnc3c2c1C. The quantitative estimate of drug-likeness (QED) is 0.382. The number of rotatable bonds is 5. The molecule has 3 aromatic heterocycles. The van der Waals surface area contributed by atoms with Gasteiger partial charge < -0.3 is 10.1 Å². The van der Waals surface area contributed by atoms with Gasteiger partial charge in [0, 0.05) is 5.69 Å². The number of halogens is 1. The van der Waals surface area contributed by atoms with Gasteiger partial charge >= 0.3 is 5.97 Å². The summed E-state index contributed by atoms with van der Waals surface area (Å²) < 4.78 is 19.4. The highest BCUT2D eigenvalue weighted by atomic mass is 32.2. The number of fused-ring (bicyclic) bond motifs is 3. The lowest BCUT2D eigenvalue weighted by Crippen LogP contribution is -2.14. The van der Waals surface area contributed by atoms with Gasteiger partial charge in [-0.3, -0.25) is 9.20 Å². The maximum atomic E-state index is 12.9. The Kier molecular flexibility index (Phi) is 5.16. The number of benzene rings is 1. The molecule has 0 radical (unpaired) electrons. The molecule has 29 heavy (non-hydrogen) atoms. The number of anilines is 1. The normalized spacial score (nSPS) is 11.1. The van der Waals surface area contributed by atoms with Crippen molar-refractivity contribution in [2.45, 2.75) is 12.1 Å². The Hall–Kier alpha value is -3.05. The number of hydrogen-bond acceptors (Lipinski definition) is 8. The van der Waals surface area contributed by atoms with Crippen LogP contribution in [0.2, 0.25) is 0 Å². The number of aryl methyl sites for hydroxylation is 1. The van der Waals surface area contributed by atoms with Crippen LogP contribution in [-0.2, 0) is 9.53 Å². The first kappa shape index (κ1) is 19.3. The van der Waals surface area contributed by atoms with Gasteiger partial charge in [-0.15, -0.1) is 21.5 Å². The first-order valence-electron chi connectivity index (χ1n) is 8.37. The van der Waals surface area contributed by atoms with Gasteiger partial charge in [-0.2, -0.15) is 0 Å². The van der Waals surface area contributed by atoms with Crippen LogP contribution in [0.5, 0.6) is 0 Å². The number of amides is 1. The zero-order valence-corrected chi connectivity index (χ0v) is 16.9. The summed E-state index contributed by atoms with van der Waals surface area (Å²) in [6, 6.07) is 5.53.